The van der Waals surface area contributed by atoms with Crippen LogP contribution in [-0.4, -0.2) is 33.4 Å². The van der Waals surface area contributed by atoms with E-state index in [1.165, 1.54) is 36.7 Å². The second-order valence-electron chi connectivity index (χ2n) is 7.34. The molecular weight excluding hydrogens is 351 g/mol. The molecule has 1 aromatic carbocycles. The average Bonchev–Trinajstić information content (AvgIpc) is 3.20. The largest absolute Gasteiger partial charge is 0.354 e. The van der Waals surface area contributed by atoms with Crippen LogP contribution in [0.1, 0.15) is 55.8 Å². The quantitative estimate of drug-likeness (QED) is 0.727. The number of nitrogens with one attached hydrogen (secondary N) is 2. The average molecular weight is 374 g/mol. The number of amides is 1. The van der Waals surface area contributed by atoms with Gasteiger partial charge in [0.25, 0.3) is 0 Å². The van der Waals surface area contributed by atoms with Gasteiger partial charge in [0.05, 0.1) is 5.75 Å². The van der Waals surface area contributed by atoms with Gasteiger partial charge in [0.15, 0.2) is 0 Å². The predicted molar refractivity (Wildman–Crippen MR) is 98.6 cm³/mol. The molecule has 2 saturated carbocycles. The Balaban J connectivity index is 1.32. The summed E-state index contributed by atoms with van der Waals surface area (Å²) in [7, 11) is 0. The Morgan fingerprint density at radius 2 is 2.00 bits per heavy atom. The first-order chi connectivity index (χ1) is 12.6. The molecule has 7 heteroatoms. The van der Waals surface area contributed by atoms with E-state index >= 15 is 0 Å². The molecular formula is C19H23FN4OS. The number of carbonyl (C=O) groups is 1. The first-order valence-electron chi connectivity index (χ1n) is 9.22. The number of aromatic amines is 1. The molecule has 5 nitrogen and oxygen atoms in total. The van der Waals surface area contributed by atoms with Crippen molar-refractivity contribution in [3.63, 3.8) is 0 Å². The highest BCUT2D eigenvalue weighted by Gasteiger charge is 2.36. The Labute approximate surface area is 156 Å². The van der Waals surface area contributed by atoms with Gasteiger partial charge >= 0.3 is 0 Å². The molecule has 4 rings (SSSR count). The van der Waals surface area contributed by atoms with Crippen LogP contribution < -0.4 is 5.32 Å². The van der Waals surface area contributed by atoms with Gasteiger partial charge in [-0.1, -0.05) is 36.7 Å². The molecule has 0 atom stereocenters. The topological polar surface area (TPSA) is 70.7 Å². The summed E-state index contributed by atoms with van der Waals surface area (Å²) >= 11 is 1.36. The Morgan fingerprint density at radius 3 is 2.69 bits per heavy atom. The number of carbonyl (C=O) groups excluding carboxylic acids is 1. The summed E-state index contributed by atoms with van der Waals surface area (Å²) in [4.78, 5) is 16.7. The van der Waals surface area contributed by atoms with Gasteiger partial charge in [0.1, 0.15) is 11.6 Å². The molecule has 2 aliphatic carbocycles. The first kappa shape index (κ1) is 17.5. The van der Waals surface area contributed by atoms with Gasteiger partial charge in [-0.25, -0.2) is 9.37 Å². The highest BCUT2D eigenvalue weighted by atomic mass is 32.2. The van der Waals surface area contributed by atoms with Gasteiger partial charge < -0.3 is 5.32 Å². The maximum atomic E-state index is 13.2. The fourth-order valence-electron chi connectivity index (χ4n) is 3.73. The van der Waals surface area contributed by atoms with E-state index in [-0.39, 0.29) is 17.1 Å². The number of H-pyrrole nitrogens is 1. The molecule has 0 unspecified atom stereocenters. The zero-order valence-corrected chi connectivity index (χ0v) is 15.4. The van der Waals surface area contributed by atoms with Crippen LogP contribution in [0.4, 0.5) is 4.39 Å². The maximum Gasteiger partial charge on any atom is 0.230 e. The van der Waals surface area contributed by atoms with Crippen molar-refractivity contribution in [2.45, 2.75) is 55.0 Å². The third-order valence-electron chi connectivity index (χ3n) is 5.42. The molecule has 2 fully saturated rings. The minimum absolute atomic E-state index is 0.0128. The van der Waals surface area contributed by atoms with Crippen LogP contribution in [0.25, 0.3) is 0 Å². The van der Waals surface area contributed by atoms with Crippen molar-refractivity contribution in [2.75, 3.05) is 12.3 Å². The van der Waals surface area contributed by atoms with Gasteiger partial charge in [-0.15, -0.1) is 5.10 Å². The second kappa shape index (κ2) is 7.39. The van der Waals surface area contributed by atoms with Crippen LogP contribution in [0.2, 0.25) is 0 Å². The van der Waals surface area contributed by atoms with Crippen molar-refractivity contribution in [2.24, 2.45) is 0 Å². The van der Waals surface area contributed by atoms with Gasteiger partial charge in [-0.05, 0) is 43.4 Å². The van der Waals surface area contributed by atoms with Crippen LogP contribution in [0.15, 0.2) is 29.4 Å². The summed E-state index contributed by atoms with van der Waals surface area (Å²) in [6.07, 6.45) is 6.68. The lowest BCUT2D eigenvalue weighted by molar-refractivity contribution is -0.118. The molecule has 0 saturated heterocycles. The van der Waals surface area contributed by atoms with Crippen molar-refractivity contribution in [3.05, 3.63) is 41.5 Å². The highest BCUT2D eigenvalue weighted by molar-refractivity contribution is 7.99. The Bertz CT molecular complexity index is 766. The van der Waals surface area contributed by atoms with Gasteiger partial charge in [-0.3, -0.25) is 9.89 Å². The molecule has 0 spiro atoms. The lowest BCUT2D eigenvalue weighted by atomic mass is 9.79. The number of halogens is 1. The van der Waals surface area contributed by atoms with Crippen LogP contribution in [0.5, 0.6) is 0 Å². The minimum atomic E-state index is -0.223. The SMILES string of the molecule is O=C(CSc1n[nH]c(C2CC2)n1)NCC1(c2ccc(F)cc2)CCCC1. The van der Waals surface area contributed by atoms with Gasteiger partial charge in [0.2, 0.25) is 11.1 Å². The molecule has 2 N–H and O–H groups in total. The van der Waals surface area contributed by atoms with Crippen molar-refractivity contribution < 1.29 is 9.18 Å². The van der Waals surface area contributed by atoms with E-state index in [2.05, 4.69) is 20.5 Å². The van der Waals surface area contributed by atoms with Crippen LogP contribution >= 0.6 is 11.8 Å². The first-order valence-corrected chi connectivity index (χ1v) is 10.2. The van der Waals surface area contributed by atoms with E-state index in [9.17, 15) is 9.18 Å². The summed E-state index contributed by atoms with van der Waals surface area (Å²) in [5.74, 6) is 1.54. The summed E-state index contributed by atoms with van der Waals surface area (Å²) < 4.78 is 13.2. The number of nitrogens with zero attached hydrogens (tertiary/aromatic N) is 2. The zero-order valence-electron chi connectivity index (χ0n) is 14.6. The molecule has 2 aliphatic rings. The smallest absolute Gasteiger partial charge is 0.230 e. The Morgan fingerprint density at radius 1 is 1.27 bits per heavy atom. The maximum absolute atomic E-state index is 13.2. The fraction of sp³-hybridized carbons (Fsp3) is 0.526. The second-order valence-corrected chi connectivity index (χ2v) is 8.28. The third kappa shape index (κ3) is 3.92. The van der Waals surface area contributed by atoms with Gasteiger partial charge in [-0.2, -0.15) is 0 Å². The van der Waals surface area contributed by atoms with Gasteiger partial charge in [0, 0.05) is 17.9 Å². The summed E-state index contributed by atoms with van der Waals surface area (Å²) in [5, 5.41) is 10.8. The molecule has 1 aromatic heterocycles. The number of benzene rings is 1. The number of hydrogen-bond acceptors (Lipinski definition) is 4. The molecule has 138 valence electrons. The van der Waals surface area contributed by atoms with E-state index in [4.69, 9.17) is 0 Å². The van der Waals surface area contributed by atoms with Crippen LogP contribution in [-0.2, 0) is 10.2 Å². The van der Waals surface area contributed by atoms with Crippen LogP contribution in [0.3, 0.4) is 0 Å². The van der Waals surface area contributed by atoms with Crippen LogP contribution in [0, 0.1) is 5.82 Å². The molecule has 0 bridgehead atoms. The van der Waals surface area contributed by atoms with E-state index in [1.54, 1.807) is 0 Å². The van der Waals surface area contributed by atoms with E-state index < -0.39 is 0 Å². The third-order valence-corrected chi connectivity index (χ3v) is 6.27. The zero-order chi connectivity index (χ0) is 18.0. The van der Waals surface area contributed by atoms with E-state index in [1.807, 2.05) is 12.1 Å². The number of aromatic nitrogens is 3. The lowest BCUT2D eigenvalue weighted by Crippen LogP contribution is -2.39. The molecule has 1 amide bonds. The lowest BCUT2D eigenvalue weighted by Gasteiger charge is -2.30. The molecule has 0 radical (unpaired) electrons. The number of rotatable bonds is 7. The summed E-state index contributed by atoms with van der Waals surface area (Å²) in [6.45, 7) is 0.597. The Kier molecular flexibility index (Phi) is 4.98. The Hall–Kier alpha value is -1.89. The monoisotopic (exact) mass is 374 g/mol. The highest BCUT2D eigenvalue weighted by Crippen LogP contribution is 2.41. The van der Waals surface area contributed by atoms with Crippen molar-refractivity contribution >= 4 is 17.7 Å². The van der Waals surface area contributed by atoms with Crippen molar-refractivity contribution in [1.82, 2.24) is 20.5 Å². The molecule has 0 aliphatic heterocycles. The number of thioether (sulfide) groups is 1. The summed E-state index contributed by atoms with van der Waals surface area (Å²) in [5.41, 5.74) is 1.05. The van der Waals surface area contributed by atoms with Crippen molar-refractivity contribution in [1.29, 1.82) is 0 Å². The minimum Gasteiger partial charge on any atom is -0.354 e. The normalized spacial score (nSPS) is 18.8. The summed E-state index contributed by atoms with van der Waals surface area (Å²) in [6, 6.07) is 6.73. The van der Waals surface area contributed by atoms with Crippen molar-refractivity contribution in [3.8, 4) is 0 Å². The predicted octanol–water partition coefficient (Wildman–Crippen LogP) is 3.54. The van der Waals surface area contributed by atoms with E-state index in [0.717, 1.165) is 37.1 Å². The fourth-order valence-corrected chi connectivity index (χ4v) is 4.37. The molecule has 26 heavy (non-hydrogen) atoms. The number of hydrogen-bond donors (Lipinski definition) is 2. The molecule has 1 heterocycles. The standard InChI is InChI=1S/C19H23FN4OS/c20-15-7-5-14(6-8-15)19(9-1-2-10-19)12-21-16(25)11-26-18-22-17(23-24-18)13-3-4-13/h5-8,13H,1-4,9-12H2,(H,21,25)(H,22,23,24). The molecule has 2 aromatic rings. The van der Waals surface area contributed by atoms with E-state index in [0.29, 0.717) is 23.4 Å².